The molecule has 2 aromatic carbocycles. The lowest BCUT2D eigenvalue weighted by molar-refractivity contribution is -0.147. The van der Waals surface area contributed by atoms with E-state index in [1.807, 2.05) is 35.6 Å². The number of carbonyl (C=O) groups is 2. The number of phenols is 1. The lowest BCUT2D eigenvalue weighted by Crippen LogP contribution is -2.27. The normalized spacial score (nSPS) is 22.3. The monoisotopic (exact) mass is 547 g/mol. The van der Waals surface area contributed by atoms with Gasteiger partial charge in [0.1, 0.15) is 5.75 Å². The van der Waals surface area contributed by atoms with Crippen molar-refractivity contribution in [2.45, 2.75) is 76.8 Å². The van der Waals surface area contributed by atoms with E-state index in [0.29, 0.717) is 24.4 Å². The highest BCUT2D eigenvalue weighted by atomic mass is 32.2. The van der Waals surface area contributed by atoms with E-state index < -0.39 is 5.41 Å². The number of rotatable bonds is 6. The van der Waals surface area contributed by atoms with Gasteiger partial charge in [-0.25, -0.2) is 4.31 Å². The predicted molar refractivity (Wildman–Crippen MR) is 155 cm³/mol. The van der Waals surface area contributed by atoms with Gasteiger partial charge in [-0.05, 0) is 87.5 Å². The van der Waals surface area contributed by atoms with Crippen LogP contribution in [0.3, 0.4) is 0 Å². The molecular weight excluding hydrogens is 510 g/mol. The summed E-state index contributed by atoms with van der Waals surface area (Å²) in [5, 5.41) is 11.6. The zero-order chi connectivity index (χ0) is 27.5. The number of aromatic nitrogens is 1. The Morgan fingerprint density at radius 1 is 1.15 bits per heavy atom. The van der Waals surface area contributed by atoms with Gasteiger partial charge in [-0.2, -0.15) is 0 Å². The molecule has 6 rings (SSSR count). The zero-order valence-corrected chi connectivity index (χ0v) is 23.9. The number of methoxy groups -OCH3 is 1. The quantitative estimate of drug-likeness (QED) is 0.276. The van der Waals surface area contributed by atoms with Crippen LogP contribution in [-0.4, -0.2) is 46.1 Å². The maximum absolute atomic E-state index is 13.2. The molecule has 2 aliphatic carbocycles. The minimum atomic E-state index is -0.674. The summed E-state index contributed by atoms with van der Waals surface area (Å²) in [6, 6.07) is 11.9. The van der Waals surface area contributed by atoms with Crippen LogP contribution >= 0.6 is 12.1 Å². The van der Waals surface area contributed by atoms with Gasteiger partial charge in [0.05, 0.1) is 18.2 Å². The van der Waals surface area contributed by atoms with Crippen molar-refractivity contribution in [1.82, 2.24) is 13.6 Å². The third-order valence-corrected chi connectivity index (χ3v) is 10.1. The summed E-state index contributed by atoms with van der Waals surface area (Å²) in [6.45, 7) is 4.65. The molecule has 2 saturated carbocycles. The number of fused-ring (bicyclic) bond motifs is 7. The van der Waals surface area contributed by atoms with Crippen LogP contribution in [0, 0.1) is 5.41 Å². The van der Waals surface area contributed by atoms with Gasteiger partial charge in [-0.15, -0.1) is 0 Å². The highest BCUT2D eigenvalue weighted by Gasteiger charge is 2.63. The molecule has 3 aromatic rings. The first-order chi connectivity index (χ1) is 18.7. The second kappa shape index (κ2) is 9.89. The number of benzene rings is 2. The summed E-state index contributed by atoms with van der Waals surface area (Å²) in [5.74, 6) is 0.270. The number of carbonyl (C=O) groups excluding carboxylic acids is 2. The molecular formula is C31H37N3O4S. The number of phenolic OH excluding ortho intramolecular Hbond substituents is 1. The van der Waals surface area contributed by atoms with Crippen LogP contribution in [-0.2, 0) is 16.1 Å². The van der Waals surface area contributed by atoms with Crippen molar-refractivity contribution < 1.29 is 19.4 Å². The highest BCUT2D eigenvalue weighted by Crippen LogP contribution is 2.65. The Morgan fingerprint density at radius 2 is 1.92 bits per heavy atom. The summed E-state index contributed by atoms with van der Waals surface area (Å²) >= 11 is 1.30. The van der Waals surface area contributed by atoms with Crippen molar-refractivity contribution in [3.8, 4) is 17.0 Å². The number of aromatic hydroxyl groups is 1. The molecule has 1 aromatic heterocycles. The summed E-state index contributed by atoms with van der Waals surface area (Å²) in [6.07, 6.45) is 6.61. The van der Waals surface area contributed by atoms with Gasteiger partial charge < -0.3 is 14.4 Å². The van der Waals surface area contributed by atoms with Crippen molar-refractivity contribution in [3.63, 3.8) is 0 Å². The van der Waals surface area contributed by atoms with Crippen LogP contribution in [0.1, 0.15) is 85.7 Å². The van der Waals surface area contributed by atoms with Crippen molar-refractivity contribution >= 4 is 34.9 Å². The second-order valence-electron chi connectivity index (χ2n) is 11.8. The van der Waals surface area contributed by atoms with Crippen molar-refractivity contribution in [3.05, 3.63) is 53.1 Å². The van der Waals surface area contributed by atoms with Crippen molar-refractivity contribution in [1.29, 1.82) is 0 Å². The van der Waals surface area contributed by atoms with Crippen molar-refractivity contribution in [2.24, 2.45) is 5.41 Å². The van der Waals surface area contributed by atoms with E-state index in [2.05, 4.69) is 29.2 Å². The Labute approximate surface area is 234 Å². The van der Waals surface area contributed by atoms with Crippen molar-refractivity contribution in [2.75, 3.05) is 14.2 Å². The van der Waals surface area contributed by atoms with E-state index in [1.165, 1.54) is 44.1 Å². The molecule has 8 heteroatoms. The molecule has 0 saturated heterocycles. The molecule has 3 aliphatic rings. The van der Waals surface area contributed by atoms with Crippen LogP contribution in [0.25, 0.3) is 22.2 Å². The molecule has 206 valence electrons. The lowest BCUT2D eigenvalue weighted by Gasteiger charge is -2.24. The van der Waals surface area contributed by atoms with E-state index in [-0.39, 0.29) is 29.6 Å². The molecule has 0 spiro atoms. The van der Waals surface area contributed by atoms with E-state index in [1.54, 1.807) is 6.07 Å². The van der Waals surface area contributed by atoms with Crippen LogP contribution in [0.5, 0.6) is 5.75 Å². The standard InChI is InChI=1S/C31H37N3O4S/c1-18(2)33(3)39-32-29(36)20-10-12-23-26(14-20)34-17-31(30(37)38-4)16-25(31)24-15-21(35)11-13-22(24)28(34)27(23)19-8-6-5-7-9-19/h10-15,18-19,25,35H,5-9,16-17H2,1-4H3,(H,32,36). The largest absolute Gasteiger partial charge is 0.508 e. The minimum absolute atomic E-state index is 0.00402. The smallest absolute Gasteiger partial charge is 0.314 e. The Hall–Kier alpha value is -2.97. The average molecular weight is 548 g/mol. The summed E-state index contributed by atoms with van der Waals surface area (Å²) in [4.78, 5) is 26.5. The Kier molecular flexibility index (Phi) is 6.66. The minimum Gasteiger partial charge on any atom is -0.508 e. The van der Waals surface area contributed by atoms with Crippen LogP contribution in [0.2, 0.25) is 0 Å². The molecule has 7 nitrogen and oxygen atoms in total. The van der Waals surface area contributed by atoms with Gasteiger partial charge in [-0.3, -0.25) is 14.3 Å². The Morgan fingerprint density at radius 3 is 2.64 bits per heavy atom. The van der Waals surface area contributed by atoms with Crippen LogP contribution in [0.15, 0.2) is 36.4 Å². The van der Waals surface area contributed by atoms with E-state index in [0.717, 1.165) is 40.6 Å². The average Bonchev–Trinajstić information content (AvgIpc) is 3.61. The van der Waals surface area contributed by atoms with Crippen LogP contribution in [0.4, 0.5) is 0 Å². The molecule has 1 amide bonds. The number of hydrogen-bond donors (Lipinski definition) is 2. The first-order valence-corrected chi connectivity index (χ1v) is 14.8. The maximum Gasteiger partial charge on any atom is 0.314 e. The van der Waals surface area contributed by atoms with Gasteiger partial charge >= 0.3 is 5.97 Å². The van der Waals surface area contributed by atoms with E-state index in [9.17, 15) is 14.7 Å². The predicted octanol–water partition coefficient (Wildman–Crippen LogP) is 6.36. The number of hydrogen-bond acceptors (Lipinski definition) is 6. The fourth-order valence-electron chi connectivity index (χ4n) is 6.77. The molecule has 2 heterocycles. The van der Waals surface area contributed by atoms with Gasteiger partial charge in [0.2, 0.25) is 0 Å². The maximum atomic E-state index is 13.2. The molecule has 2 unspecified atom stereocenters. The number of esters is 1. The fourth-order valence-corrected chi connectivity index (χ4v) is 7.33. The van der Waals surface area contributed by atoms with Crippen LogP contribution < -0.4 is 4.72 Å². The topological polar surface area (TPSA) is 83.8 Å². The SMILES string of the molecule is COC(=O)C12CC1c1cc(O)ccc1-c1c(C3CCCCC3)c3ccc(C(=O)NSN(C)C(C)C)cc3n1C2. The van der Waals surface area contributed by atoms with Gasteiger partial charge in [-0.1, -0.05) is 25.3 Å². The Bertz CT molecular complexity index is 1460. The molecule has 1 aliphatic heterocycles. The number of nitrogens with one attached hydrogen (secondary N) is 1. The molecule has 2 N–H and O–H groups in total. The molecule has 0 bridgehead atoms. The lowest BCUT2D eigenvalue weighted by atomic mass is 9.81. The Balaban J connectivity index is 1.54. The van der Waals surface area contributed by atoms with Gasteiger partial charge in [0, 0.05) is 52.7 Å². The van der Waals surface area contributed by atoms with Gasteiger partial charge in [0.25, 0.3) is 5.91 Å². The summed E-state index contributed by atoms with van der Waals surface area (Å²) < 4.78 is 12.6. The van der Waals surface area contributed by atoms with Gasteiger partial charge in [0.15, 0.2) is 0 Å². The third kappa shape index (κ3) is 4.32. The summed E-state index contributed by atoms with van der Waals surface area (Å²) in [5.41, 5.74) is 5.45. The van der Waals surface area contributed by atoms with E-state index >= 15 is 0 Å². The fraction of sp³-hybridized carbons (Fsp3) is 0.484. The number of amides is 1. The van der Waals surface area contributed by atoms with E-state index in [4.69, 9.17) is 4.74 Å². The molecule has 39 heavy (non-hydrogen) atoms. The first kappa shape index (κ1) is 26.3. The molecule has 2 fully saturated rings. The number of nitrogens with zero attached hydrogens (tertiary/aromatic N) is 2. The molecule has 0 radical (unpaired) electrons. The number of ether oxygens (including phenoxy) is 1. The zero-order valence-electron chi connectivity index (χ0n) is 23.1. The first-order valence-electron chi connectivity index (χ1n) is 14.0. The highest BCUT2D eigenvalue weighted by molar-refractivity contribution is 7.95. The second-order valence-corrected chi connectivity index (χ2v) is 12.7. The summed E-state index contributed by atoms with van der Waals surface area (Å²) in [7, 11) is 3.41. The molecule has 2 atom stereocenters. The third-order valence-electron chi connectivity index (χ3n) is 9.16.